The summed E-state index contributed by atoms with van der Waals surface area (Å²) < 4.78 is 40.0. The molecule has 0 radical (unpaired) electrons. The van der Waals surface area contributed by atoms with Crippen LogP contribution in [0.3, 0.4) is 0 Å². The summed E-state index contributed by atoms with van der Waals surface area (Å²) in [5.74, 6) is 0.742. The zero-order valence-electron chi connectivity index (χ0n) is 17.0. The molecule has 0 saturated carbocycles. The standard InChI is InChI=1S/C22H27FN2O3S2/c1-17-5-2-3-6-19(17)16-29-14-12-24-22(26)18-7-4-13-25(15-18)30(27,28)21-10-8-20(23)9-11-21/h2-3,5-6,8-11,18H,4,7,12-16H2,1H3,(H,24,26)/t18-/m0/s1. The Morgan fingerprint density at radius 3 is 2.67 bits per heavy atom. The highest BCUT2D eigenvalue weighted by Gasteiger charge is 2.33. The fourth-order valence-electron chi connectivity index (χ4n) is 3.48. The maximum absolute atomic E-state index is 13.1. The summed E-state index contributed by atoms with van der Waals surface area (Å²) in [5.41, 5.74) is 2.56. The number of piperidine rings is 1. The van der Waals surface area contributed by atoms with Crippen molar-refractivity contribution in [1.29, 1.82) is 0 Å². The topological polar surface area (TPSA) is 66.5 Å². The Bertz CT molecular complexity index is 965. The third-order valence-corrected chi connectivity index (χ3v) is 8.16. The normalized spacial score (nSPS) is 17.6. The fraction of sp³-hybridized carbons (Fsp3) is 0.409. The van der Waals surface area contributed by atoms with Crippen molar-refractivity contribution in [1.82, 2.24) is 9.62 Å². The number of nitrogens with zero attached hydrogens (tertiary/aromatic N) is 1. The van der Waals surface area contributed by atoms with Crippen LogP contribution >= 0.6 is 11.8 Å². The number of benzene rings is 2. The van der Waals surface area contributed by atoms with Crippen LogP contribution in [0.2, 0.25) is 0 Å². The lowest BCUT2D eigenvalue weighted by atomic mass is 9.99. The minimum absolute atomic E-state index is 0.0533. The molecule has 3 rings (SSSR count). The molecule has 2 aromatic carbocycles. The number of amides is 1. The van der Waals surface area contributed by atoms with Crippen LogP contribution in [-0.4, -0.2) is 44.0 Å². The molecule has 1 atom stereocenters. The second kappa shape index (κ2) is 10.4. The highest BCUT2D eigenvalue weighted by molar-refractivity contribution is 7.98. The van der Waals surface area contributed by atoms with Gasteiger partial charge in [-0.25, -0.2) is 12.8 Å². The van der Waals surface area contributed by atoms with Crippen molar-refractivity contribution in [3.8, 4) is 0 Å². The molecule has 8 heteroatoms. The quantitative estimate of drug-likeness (QED) is 0.625. The molecular weight excluding hydrogens is 423 g/mol. The van der Waals surface area contributed by atoms with E-state index >= 15 is 0 Å². The van der Waals surface area contributed by atoms with Gasteiger partial charge in [-0.05, 0) is 55.2 Å². The van der Waals surface area contributed by atoms with E-state index in [1.165, 1.54) is 27.6 Å². The minimum atomic E-state index is -3.73. The predicted octanol–water partition coefficient (Wildman–Crippen LogP) is 3.58. The molecule has 0 unspecified atom stereocenters. The van der Waals surface area contributed by atoms with Crippen molar-refractivity contribution in [2.45, 2.75) is 30.4 Å². The summed E-state index contributed by atoms with van der Waals surface area (Å²) in [5, 5.41) is 2.94. The third-order valence-electron chi connectivity index (χ3n) is 5.27. The van der Waals surface area contributed by atoms with Gasteiger partial charge in [-0.3, -0.25) is 4.79 Å². The monoisotopic (exact) mass is 450 g/mol. The average molecular weight is 451 g/mol. The largest absolute Gasteiger partial charge is 0.355 e. The lowest BCUT2D eigenvalue weighted by molar-refractivity contribution is -0.125. The maximum atomic E-state index is 13.1. The Hall–Kier alpha value is -1.90. The predicted molar refractivity (Wildman–Crippen MR) is 118 cm³/mol. The highest BCUT2D eigenvalue weighted by Crippen LogP contribution is 2.24. The maximum Gasteiger partial charge on any atom is 0.243 e. The van der Waals surface area contributed by atoms with Gasteiger partial charge in [0.15, 0.2) is 0 Å². The first-order valence-corrected chi connectivity index (χ1v) is 12.6. The fourth-order valence-corrected chi connectivity index (χ4v) is 5.93. The number of sulfonamides is 1. The van der Waals surface area contributed by atoms with E-state index in [1.54, 1.807) is 11.8 Å². The van der Waals surface area contributed by atoms with E-state index in [4.69, 9.17) is 0 Å². The molecule has 162 valence electrons. The van der Waals surface area contributed by atoms with Crippen molar-refractivity contribution in [2.24, 2.45) is 5.92 Å². The van der Waals surface area contributed by atoms with Gasteiger partial charge in [0.1, 0.15) is 5.82 Å². The molecule has 1 aliphatic rings. The Morgan fingerprint density at radius 1 is 1.20 bits per heavy atom. The Balaban J connectivity index is 1.47. The first kappa shape index (κ1) is 22.8. The van der Waals surface area contributed by atoms with Gasteiger partial charge in [0, 0.05) is 31.1 Å². The second-order valence-corrected chi connectivity index (χ2v) is 10.5. The van der Waals surface area contributed by atoms with Gasteiger partial charge in [-0.15, -0.1) is 0 Å². The van der Waals surface area contributed by atoms with Crippen molar-refractivity contribution < 1.29 is 17.6 Å². The van der Waals surface area contributed by atoms with Gasteiger partial charge in [0.05, 0.1) is 10.8 Å². The van der Waals surface area contributed by atoms with Crippen LogP contribution in [0.25, 0.3) is 0 Å². The molecule has 1 N–H and O–H groups in total. The highest BCUT2D eigenvalue weighted by atomic mass is 32.2. The molecule has 0 aromatic heterocycles. The smallest absolute Gasteiger partial charge is 0.243 e. The van der Waals surface area contributed by atoms with Crippen molar-refractivity contribution >= 4 is 27.7 Å². The van der Waals surface area contributed by atoms with Crippen LogP contribution in [0.4, 0.5) is 4.39 Å². The Morgan fingerprint density at radius 2 is 1.93 bits per heavy atom. The van der Waals surface area contributed by atoms with E-state index in [0.717, 1.165) is 23.6 Å². The van der Waals surface area contributed by atoms with Gasteiger partial charge in [0.2, 0.25) is 15.9 Å². The van der Waals surface area contributed by atoms with E-state index in [-0.39, 0.29) is 23.3 Å². The van der Waals surface area contributed by atoms with Crippen molar-refractivity contribution in [3.05, 3.63) is 65.5 Å². The summed E-state index contributed by atoms with van der Waals surface area (Å²) >= 11 is 1.76. The Labute approximate surface area is 182 Å². The van der Waals surface area contributed by atoms with Crippen LogP contribution in [0, 0.1) is 18.7 Å². The van der Waals surface area contributed by atoms with Gasteiger partial charge in [-0.2, -0.15) is 16.1 Å². The third kappa shape index (κ3) is 5.83. The van der Waals surface area contributed by atoms with E-state index in [2.05, 4.69) is 24.4 Å². The average Bonchev–Trinajstić information content (AvgIpc) is 2.75. The molecule has 2 aromatic rings. The first-order chi connectivity index (χ1) is 14.4. The van der Waals surface area contributed by atoms with E-state index < -0.39 is 15.8 Å². The molecule has 0 aliphatic carbocycles. The van der Waals surface area contributed by atoms with Crippen LogP contribution in [0.5, 0.6) is 0 Å². The van der Waals surface area contributed by atoms with Crippen LogP contribution in [-0.2, 0) is 20.6 Å². The van der Waals surface area contributed by atoms with E-state index in [1.807, 2.05) is 12.1 Å². The summed E-state index contributed by atoms with van der Waals surface area (Å²) in [7, 11) is -3.73. The zero-order chi connectivity index (χ0) is 21.6. The number of nitrogens with one attached hydrogen (secondary N) is 1. The number of carbonyl (C=O) groups is 1. The molecule has 1 fully saturated rings. The second-order valence-electron chi connectivity index (χ2n) is 7.43. The zero-order valence-corrected chi connectivity index (χ0v) is 18.6. The number of rotatable bonds is 8. The SMILES string of the molecule is Cc1ccccc1CSCCNC(=O)[C@H]1CCCN(S(=O)(=O)c2ccc(F)cc2)C1. The number of aryl methyl sites for hydroxylation is 1. The lowest BCUT2D eigenvalue weighted by Gasteiger charge is -2.31. The molecule has 0 spiro atoms. The number of halogens is 1. The molecule has 30 heavy (non-hydrogen) atoms. The van der Waals surface area contributed by atoms with Crippen LogP contribution < -0.4 is 5.32 Å². The Kier molecular flexibility index (Phi) is 7.91. The summed E-state index contributed by atoms with van der Waals surface area (Å²) in [4.78, 5) is 12.6. The van der Waals surface area contributed by atoms with Gasteiger partial charge >= 0.3 is 0 Å². The summed E-state index contributed by atoms with van der Waals surface area (Å²) in [6.45, 7) is 3.17. The van der Waals surface area contributed by atoms with E-state index in [9.17, 15) is 17.6 Å². The molecule has 1 saturated heterocycles. The minimum Gasteiger partial charge on any atom is -0.355 e. The number of hydrogen-bond acceptors (Lipinski definition) is 4. The van der Waals surface area contributed by atoms with Gasteiger partial charge in [0.25, 0.3) is 0 Å². The molecule has 1 aliphatic heterocycles. The summed E-state index contributed by atoms with van der Waals surface area (Å²) in [6.07, 6.45) is 1.29. The molecule has 1 heterocycles. The van der Waals surface area contributed by atoms with Crippen molar-refractivity contribution in [3.63, 3.8) is 0 Å². The first-order valence-electron chi connectivity index (χ1n) is 10.0. The van der Waals surface area contributed by atoms with E-state index in [0.29, 0.717) is 25.9 Å². The van der Waals surface area contributed by atoms with Gasteiger partial charge < -0.3 is 5.32 Å². The molecule has 1 amide bonds. The number of carbonyl (C=O) groups excluding carboxylic acids is 1. The van der Waals surface area contributed by atoms with Crippen LogP contribution in [0.15, 0.2) is 53.4 Å². The van der Waals surface area contributed by atoms with Crippen molar-refractivity contribution in [2.75, 3.05) is 25.4 Å². The van der Waals surface area contributed by atoms with Crippen LogP contribution in [0.1, 0.15) is 24.0 Å². The lowest BCUT2D eigenvalue weighted by Crippen LogP contribution is -2.45. The molecule has 5 nitrogen and oxygen atoms in total. The summed E-state index contributed by atoms with van der Waals surface area (Å²) in [6, 6.07) is 13.0. The number of hydrogen-bond donors (Lipinski definition) is 1. The number of thioether (sulfide) groups is 1. The molecular formula is C22H27FN2O3S2. The molecule has 0 bridgehead atoms. The van der Waals surface area contributed by atoms with Gasteiger partial charge in [-0.1, -0.05) is 24.3 Å².